The lowest BCUT2D eigenvalue weighted by Crippen LogP contribution is -2.29. The average Bonchev–Trinajstić information content (AvgIpc) is 3.53. The Morgan fingerprint density at radius 1 is 1.16 bits per heavy atom. The molecule has 8 nitrogen and oxygen atoms in total. The van der Waals surface area contributed by atoms with Crippen LogP contribution >= 0.6 is 0 Å². The summed E-state index contributed by atoms with van der Waals surface area (Å²) < 4.78 is 78.2. The largest absolute Gasteiger partial charge is 0.484 e. The molecule has 0 radical (unpaired) electrons. The molecule has 0 atom stereocenters. The van der Waals surface area contributed by atoms with Crippen molar-refractivity contribution >= 4 is 16.8 Å². The van der Waals surface area contributed by atoms with Gasteiger partial charge in [-0.2, -0.15) is 18.2 Å². The quantitative estimate of drug-likeness (QED) is 0.302. The van der Waals surface area contributed by atoms with Gasteiger partial charge in [-0.1, -0.05) is 17.3 Å². The van der Waals surface area contributed by atoms with Crippen LogP contribution in [0.25, 0.3) is 33.7 Å². The fraction of sp³-hybridized carbons (Fsp3) is 0.292. The summed E-state index contributed by atoms with van der Waals surface area (Å²) in [6.45, 7) is -2.63. The fourth-order valence-electron chi connectivity index (χ4n) is 3.68. The Morgan fingerprint density at radius 3 is 2.65 bits per heavy atom. The Bertz CT molecular complexity index is 1380. The molecule has 2 heterocycles. The summed E-state index contributed by atoms with van der Waals surface area (Å²) in [6, 6.07) is 9.79. The first-order chi connectivity index (χ1) is 17.7. The predicted octanol–water partition coefficient (Wildman–Crippen LogP) is 4.17. The Balaban J connectivity index is 1.65. The van der Waals surface area contributed by atoms with E-state index in [1.165, 1.54) is 6.07 Å². The van der Waals surface area contributed by atoms with E-state index >= 15 is 0 Å². The van der Waals surface area contributed by atoms with E-state index in [0.29, 0.717) is 22.5 Å². The van der Waals surface area contributed by atoms with E-state index in [1.807, 2.05) is 0 Å². The number of rotatable bonds is 10. The van der Waals surface area contributed by atoms with E-state index in [1.54, 1.807) is 35.0 Å². The molecule has 2 N–H and O–H groups in total. The van der Waals surface area contributed by atoms with Crippen molar-refractivity contribution < 1.29 is 41.1 Å². The highest BCUT2D eigenvalue weighted by Crippen LogP contribution is 2.39. The van der Waals surface area contributed by atoms with Crippen LogP contribution in [-0.4, -0.2) is 58.3 Å². The van der Waals surface area contributed by atoms with Crippen LogP contribution in [0, 0.1) is 0 Å². The third-order valence-corrected chi connectivity index (χ3v) is 5.40. The number of alkyl halides is 5. The summed E-state index contributed by atoms with van der Waals surface area (Å²) in [5.74, 6) is -1.12. The molecule has 0 saturated carbocycles. The molecule has 13 heteroatoms. The molecule has 4 rings (SSSR count). The third kappa shape index (κ3) is 5.71. The summed E-state index contributed by atoms with van der Waals surface area (Å²) in [6.07, 6.45) is -4.84. The van der Waals surface area contributed by atoms with Gasteiger partial charge >= 0.3 is 6.18 Å². The lowest BCUT2D eigenvalue weighted by molar-refractivity contribution is -0.139. The van der Waals surface area contributed by atoms with Gasteiger partial charge in [0.1, 0.15) is 25.6 Å². The van der Waals surface area contributed by atoms with Gasteiger partial charge in [0.15, 0.2) is 6.10 Å². The number of amides is 1. The second kappa shape index (κ2) is 10.9. The molecule has 1 amide bonds. The number of ether oxygens (including phenoxy) is 1. The van der Waals surface area contributed by atoms with Crippen molar-refractivity contribution in [3.63, 3.8) is 0 Å². The zero-order chi connectivity index (χ0) is 26.6. The van der Waals surface area contributed by atoms with E-state index < -0.39 is 36.9 Å². The van der Waals surface area contributed by atoms with Crippen LogP contribution in [0.2, 0.25) is 0 Å². The maximum absolute atomic E-state index is 13.6. The first-order valence-electron chi connectivity index (χ1n) is 11.0. The van der Waals surface area contributed by atoms with Gasteiger partial charge in [0, 0.05) is 34.8 Å². The minimum absolute atomic E-state index is 0.00472. The van der Waals surface area contributed by atoms with Crippen molar-refractivity contribution in [2.24, 2.45) is 0 Å². The zero-order valence-corrected chi connectivity index (χ0v) is 19.1. The zero-order valence-electron chi connectivity index (χ0n) is 19.1. The van der Waals surface area contributed by atoms with Crippen molar-refractivity contribution in [2.75, 3.05) is 26.5 Å². The van der Waals surface area contributed by atoms with Crippen LogP contribution in [0.1, 0.15) is 5.56 Å². The third-order valence-electron chi connectivity index (χ3n) is 5.40. The number of nitrogens with zero attached hydrogens (tertiary/aromatic N) is 3. The number of aliphatic hydroxyl groups is 1. The van der Waals surface area contributed by atoms with Crippen molar-refractivity contribution in [3.05, 3.63) is 54.2 Å². The molecule has 0 bridgehead atoms. The molecule has 196 valence electrons. The number of hydrogen-bond acceptors (Lipinski definition) is 6. The van der Waals surface area contributed by atoms with E-state index in [-0.39, 0.29) is 42.9 Å². The van der Waals surface area contributed by atoms with E-state index in [9.17, 15) is 26.7 Å². The van der Waals surface area contributed by atoms with E-state index in [2.05, 4.69) is 15.5 Å². The first kappa shape index (κ1) is 26.1. The molecule has 0 unspecified atom stereocenters. The molecular formula is C24H21F5N4O4. The van der Waals surface area contributed by atoms with E-state index in [0.717, 1.165) is 6.07 Å². The molecule has 4 aromatic rings. The monoisotopic (exact) mass is 524 g/mol. The Kier molecular flexibility index (Phi) is 7.71. The molecule has 0 fully saturated rings. The summed E-state index contributed by atoms with van der Waals surface area (Å²) in [7, 11) is 0. The van der Waals surface area contributed by atoms with Crippen LogP contribution < -0.4 is 10.1 Å². The normalized spacial score (nSPS) is 11.9. The Labute approximate surface area is 206 Å². The van der Waals surface area contributed by atoms with Crippen molar-refractivity contribution in [1.82, 2.24) is 20.0 Å². The molecule has 0 aliphatic heterocycles. The maximum atomic E-state index is 13.6. The Morgan fingerprint density at radius 2 is 1.95 bits per heavy atom. The number of hydrogen-bond donors (Lipinski definition) is 2. The summed E-state index contributed by atoms with van der Waals surface area (Å²) in [5, 5.41) is 16.0. The number of aromatic nitrogens is 3. The molecule has 37 heavy (non-hydrogen) atoms. The van der Waals surface area contributed by atoms with Crippen LogP contribution in [0.15, 0.2) is 53.2 Å². The highest BCUT2D eigenvalue weighted by molar-refractivity contribution is 5.94. The summed E-state index contributed by atoms with van der Waals surface area (Å²) >= 11 is 0. The standard InChI is InChI=1S/C24H21F5N4O4/c25-11-15(12-26)36-20-5-4-14(10-18(20)24(27,28)29)23-31-22(32-37-23)17-2-1-3-19-16(17)6-8-33(19)13-21(35)30-7-9-34/h1-6,8,10,15,34H,7,9,11-13H2,(H,30,35). The summed E-state index contributed by atoms with van der Waals surface area (Å²) in [5.41, 5.74) is -0.109. The fourth-order valence-corrected chi connectivity index (χ4v) is 3.68. The molecule has 2 aromatic heterocycles. The van der Waals surface area contributed by atoms with Crippen LogP contribution in [-0.2, 0) is 17.5 Å². The number of aliphatic hydroxyl groups excluding tert-OH is 1. The second-order valence-corrected chi connectivity index (χ2v) is 7.94. The highest BCUT2D eigenvalue weighted by atomic mass is 19.4. The Hall–Kier alpha value is -4.00. The van der Waals surface area contributed by atoms with Gasteiger partial charge in [0.25, 0.3) is 5.89 Å². The molecule has 2 aromatic carbocycles. The first-order valence-corrected chi connectivity index (χ1v) is 11.0. The van der Waals surface area contributed by atoms with E-state index in [4.69, 9.17) is 14.4 Å². The average molecular weight is 524 g/mol. The number of benzene rings is 2. The smallest absolute Gasteiger partial charge is 0.419 e. The molecule has 0 spiro atoms. The molecule has 0 aliphatic carbocycles. The molecular weight excluding hydrogens is 503 g/mol. The van der Waals surface area contributed by atoms with Crippen LogP contribution in [0.5, 0.6) is 5.75 Å². The second-order valence-electron chi connectivity index (χ2n) is 7.94. The van der Waals surface area contributed by atoms with Gasteiger partial charge in [-0.3, -0.25) is 4.79 Å². The van der Waals surface area contributed by atoms with Gasteiger partial charge in [-0.15, -0.1) is 0 Å². The van der Waals surface area contributed by atoms with Gasteiger partial charge in [0.05, 0.1) is 12.2 Å². The van der Waals surface area contributed by atoms with Gasteiger partial charge in [0.2, 0.25) is 11.7 Å². The maximum Gasteiger partial charge on any atom is 0.419 e. The van der Waals surface area contributed by atoms with Crippen molar-refractivity contribution in [3.8, 4) is 28.6 Å². The predicted molar refractivity (Wildman–Crippen MR) is 122 cm³/mol. The SMILES string of the molecule is O=C(Cn1ccc2c(-c3noc(-c4ccc(OC(CF)CF)c(C(F)(F)F)c4)n3)cccc21)NCCO. The number of nitrogens with one attached hydrogen (secondary N) is 1. The highest BCUT2D eigenvalue weighted by Gasteiger charge is 2.36. The molecule has 0 aliphatic rings. The minimum Gasteiger partial charge on any atom is -0.484 e. The van der Waals surface area contributed by atoms with Crippen molar-refractivity contribution in [1.29, 1.82) is 0 Å². The van der Waals surface area contributed by atoms with Crippen LogP contribution in [0.4, 0.5) is 22.0 Å². The molecule has 0 saturated heterocycles. The number of carbonyl (C=O) groups is 1. The number of fused-ring (bicyclic) bond motifs is 1. The topological polar surface area (TPSA) is 102 Å². The number of carbonyl (C=O) groups excluding carboxylic acids is 1. The summed E-state index contributed by atoms with van der Waals surface area (Å²) in [4.78, 5) is 16.3. The van der Waals surface area contributed by atoms with Gasteiger partial charge < -0.3 is 24.3 Å². The lowest BCUT2D eigenvalue weighted by atomic mass is 10.1. The van der Waals surface area contributed by atoms with Gasteiger partial charge in [-0.05, 0) is 30.3 Å². The van der Waals surface area contributed by atoms with Crippen LogP contribution in [0.3, 0.4) is 0 Å². The van der Waals surface area contributed by atoms with Crippen molar-refractivity contribution in [2.45, 2.75) is 18.8 Å². The lowest BCUT2D eigenvalue weighted by Gasteiger charge is -2.18. The van der Waals surface area contributed by atoms with Gasteiger partial charge in [-0.25, -0.2) is 8.78 Å². The minimum atomic E-state index is -4.87. The number of halogens is 5.